The number of nitrogens with zero attached hydrogens (tertiary/aromatic N) is 1. The standard InChI is InChI=1S/C20H24N2O6S/c1-3-10-22(14-20(23)21-16-6-4-5-7-17(16)26-2)29(24,25)15-8-9-18-19(13-15)28-12-11-27-18/h4-9,13H,3,10-12,14H2,1-2H3,(H,21,23). The molecule has 1 aliphatic rings. The summed E-state index contributed by atoms with van der Waals surface area (Å²) in [5.41, 5.74) is 0.480. The van der Waals surface area contributed by atoms with E-state index < -0.39 is 15.9 Å². The first-order chi connectivity index (χ1) is 14.0. The number of ether oxygens (including phenoxy) is 3. The lowest BCUT2D eigenvalue weighted by Crippen LogP contribution is -2.38. The zero-order valence-electron chi connectivity index (χ0n) is 16.4. The fourth-order valence-corrected chi connectivity index (χ4v) is 4.47. The minimum Gasteiger partial charge on any atom is -0.495 e. The van der Waals surface area contributed by atoms with Gasteiger partial charge < -0.3 is 19.5 Å². The highest BCUT2D eigenvalue weighted by atomic mass is 32.2. The number of carbonyl (C=O) groups is 1. The van der Waals surface area contributed by atoms with Crippen LogP contribution in [0.2, 0.25) is 0 Å². The Labute approximate surface area is 170 Å². The van der Waals surface area contributed by atoms with Crippen molar-refractivity contribution >= 4 is 21.6 Å². The van der Waals surface area contributed by atoms with Crippen LogP contribution >= 0.6 is 0 Å². The summed E-state index contributed by atoms with van der Waals surface area (Å²) >= 11 is 0. The minimum atomic E-state index is -3.89. The Hall–Kier alpha value is -2.78. The molecular formula is C20H24N2O6S. The zero-order valence-corrected chi connectivity index (χ0v) is 17.2. The molecule has 2 aromatic carbocycles. The summed E-state index contributed by atoms with van der Waals surface area (Å²) < 4.78 is 43.6. The second-order valence-electron chi connectivity index (χ2n) is 6.39. The maximum Gasteiger partial charge on any atom is 0.243 e. The number of hydrogen-bond donors (Lipinski definition) is 1. The second kappa shape index (κ2) is 9.15. The SMILES string of the molecule is CCCN(CC(=O)Nc1ccccc1OC)S(=O)(=O)c1ccc2c(c1)OCCO2. The van der Waals surface area contributed by atoms with Gasteiger partial charge in [-0.15, -0.1) is 0 Å². The third kappa shape index (κ3) is 4.80. The third-order valence-electron chi connectivity index (χ3n) is 4.33. The molecule has 0 saturated carbocycles. The van der Waals surface area contributed by atoms with Crippen LogP contribution in [0.5, 0.6) is 17.2 Å². The van der Waals surface area contributed by atoms with Gasteiger partial charge in [-0.05, 0) is 30.7 Å². The predicted molar refractivity (Wildman–Crippen MR) is 108 cm³/mol. The first kappa shape index (κ1) is 20.9. The molecule has 0 fully saturated rings. The summed E-state index contributed by atoms with van der Waals surface area (Å²) in [5, 5.41) is 2.71. The molecule has 8 nitrogen and oxygen atoms in total. The van der Waals surface area contributed by atoms with E-state index in [1.54, 1.807) is 30.3 Å². The van der Waals surface area contributed by atoms with Crippen LogP contribution < -0.4 is 19.5 Å². The molecule has 2 aromatic rings. The number of carbonyl (C=O) groups excluding carboxylic acids is 1. The van der Waals surface area contributed by atoms with Crippen LogP contribution in [0.15, 0.2) is 47.4 Å². The maximum atomic E-state index is 13.1. The Balaban J connectivity index is 1.80. The number of rotatable bonds is 8. The van der Waals surface area contributed by atoms with Crippen LogP contribution in [0.1, 0.15) is 13.3 Å². The van der Waals surface area contributed by atoms with Gasteiger partial charge in [-0.3, -0.25) is 4.79 Å². The van der Waals surface area contributed by atoms with Gasteiger partial charge in [0.15, 0.2) is 11.5 Å². The summed E-state index contributed by atoms with van der Waals surface area (Å²) in [6.45, 7) is 2.52. The van der Waals surface area contributed by atoms with Crippen molar-refractivity contribution in [2.45, 2.75) is 18.2 Å². The highest BCUT2D eigenvalue weighted by Crippen LogP contribution is 2.33. The summed E-state index contributed by atoms with van der Waals surface area (Å²) in [7, 11) is -2.39. The molecule has 0 atom stereocenters. The Morgan fingerprint density at radius 2 is 1.86 bits per heavy atom. The smallest absolute Gasteiger partial charge is 0.243 e. The number of anilines is 1. The molecule has 1 N–H and O–H groups in total. The third-order valence-corrected chi connectivity index (χ3v) is 6.17. The van der Waals surface area contributed by atoms with E-state index in [0.29, 0.717) is 42.6 Å². The number of fused-ring (bicyclic) bond motifs is 1. The number of para-hydroxylation sites is 2. The lowest BCUT2D eigenvalue weighted by Gasteiger charge is -2.23. The molecule has 1 heterocycles. The normalized spacial score (nSPS) is 13.2. The molecular weight excluding hydrogens is 396 g/mol. The Kier molecular flexibility index (Phi) is 6.60. The number of sulfonamides is 1. The van der Waals surface area contributed by atoms with Crippen molar-refractivity contribution in [3.8, 4) is 17.2 Å². The van der Waals surface area contributed by atoms with Gasteiger partial charge in [-0.2, -0.15) is 4.31 Å². The van der Waals surface area contributed by atoms with Crippen molar-refractivity contribution < 1.29 is 27.4 Å². The summed E-state index contributed by atoms with van der Waals surface area (Å²) in [6, 6.07) is 11.4. The first-order valence-electron chi connectivity index (χ1n) is 9.28. The van der Waals surface area contributed by atoms with Crippen molar-refractivity contribution in [2.24, 2.45) is 0 Å². The molecule has 0 bridgehead atoms. The van der Waals surface area contributed by atoms with Crippen LogP contribution in [-0.2, 0) is 14.8 Å². The van der Waals surface area contributed by atoms with Gasteiger partial charge in [0, 0.05) is 12.6 Å². The van der Waals surface area contributed by atoms with E-state index in [0.717, 1.165) is 4.31 Å². The minimum absolute atomic E-state index is 0.0558. The van der Waals surface area contributed by atoms with Crippen LogP contribution in [-0.4, -0.2) is 52.0 Å². The molecule has 0 aromatic heterocycles. The van der Waals surface area contributed by atoms with Crippen molar-refractivity contribution in [3.63, 3.8) is 0 Å². The number of methoxy groups -OCH3 is 1. The van der Waals surface area contributed by atoms with Crippen molar-refractivity contribution in [1.29, 1.82) is 0 Å². The van der Waals surface area contributed by atoms with Crippen LogP contribution in [0.3, 0.4) is 0 Å². The topological polar surface area (TPSA) is 94.2 Å². The molecule has 156 valence electrons. The Morgan fingerprint density at radius 3 is 2.59 bits per heavy atom. The maximum absolute atomic E-state index is 13.1. The molecule has 0 spiro atoms. The molecule has 3 rings (SSSR count). The predicted octanol–water partition coefficient (Wildman–Crippen LogP) is 2.51. The van der Waals surface area contributed by atoms with E-state index in [2.05, 4.69) is 5.32 Å². The van der Waals surface area contributed by atoms with Gasteiger partial charge in [0.05, 0.1) is 24.2 Å². The van der Waals surface area contributed by atoms with Gasteiger partial charge in [-0.1, -0.05) is 19.1 Å². The summed E-state index contributed by atoms with van der Waals surface area (Å²) in [6.07, 6.45) is 0.561. The van der Waals surface area contributed by atoms with Crippen molar-refractivity contribution in [2.75, 3.05) is 38.7 Å². The van der Waals surface area contributed by atoms with E-state index in [-0.39, 0.29) is 18.0 Å². The number of benzene rings is 2. The number of amides is 1. The van der Waals surface area contributed by atoms with E-state index in [1.807, 2.05) is 6.92 Å². The quantitative estimate of drug-likeness (QED) is 0.705. The van der Waals surface area contributed by atoms with Gasteiger partial charge in [0.2, 0.25) is 15.9 Å². The second-order valence-corrected chi connectivity index (χ2v) is 8.33. The molecule has 0 aliphatic carbocycles. The fourth-order valence-electron chi connectivity index (χ4n) is 2.96. The molecule has 0 saturated heterocycles. The van der Waals surface area contributed by atoms with E-state index >= 15 is 0 Å². The van der Waals surface area contributed by atoms with Gasteiger partial charge >= 0.3 is 0 Å². The lowest BCUT2D eigenvalue weighted by molar-refractivity contribution is -0.116. The van der Waals surface area contributed by atoms with Crippen molar-refractivity contribution in [3.05, 3.63) is 42.5 Å². The highest BCUT2D eigenvalue weighted by molar-refractivity contribution is 7.89. The summed E-state index contributed by atoms with van der Waals surface area (Å²) in [4.78, 5) is 12.6. The monoisotopic (exact) mass is 420 g/mol. The average Bonchev–Trinajstić information content (AvgIpc) is 2.73. The molecule has 1 amide bonds. The van der Waals surface area contributed by atoms with E-state index in [9.17, 15) is 13.2 Å². The molecule has 0 radical (unpaired) electrons. The van der Waals surface area contributed by atoms with Crippen molar-refractivity contribution in [1.82, 2.24) is 4.31 Å². The molecule has 9 heteroatoms. The number of hydrogen-bond acceptors (Lipinski definition) is 6. The van der Waals surface area contributed by atoms with Crippen LogP contribution in [0.25, 0.3) is 0 Å². The average molecular weight is 420 g/mol. The highest BCUT2D eigenvalue weighted by Gasteiger charge is 2.28. The van der Waals surface area contributed by atoms with Gasteiger partial charge in [0.25, 0.3) is 0 Å². The molecule has 0 unspecified atom stereocenters. The lowest BCUT2D eigenvalue weighted by atomic mass is 10.3. The van der Waals surface area contributed by atoms with E-state index in [1.165, 1.54) is 19.2 Å². The first-order valence-corrected chi connectivity index (χ1v) is 10.7. The Bertz CT molecular complexity index is 977. The van der Waals surface area contributed by atoms with Crippen LogP contribution in [0.4, 0.5) is 5.69 Å². The fraction of sp³-hybridized carbons (Fsp3) is 0.350. The molecule has 1 aliphatic heterocycles. The van der Waals surface area contributed by atoms with Gasteiger partial charge in [0.1, 0.15) is 19.0 Å². The molecule has 29 heavy (non-hydrogen) atoms. The van der Waals surface area contributed by atoms with Crippen LogP contribution in [0, 0.1) is 0 Å². The zero-order chi connectivity index (χ0) is 20.9. The largest absolute Gasteiger partial charge is 0.495 e. The van der Waals surface area contributed by atoms with E-state index in [4.69, 9.17) is 14.2 Å². The Morgan fingerprint density at radius 1 is 1.14 bits per heavy atom. The number of nitrogens with one attached hydrogen (secondary N) is 1. The summed E-state index contributed by atoms with van der Waals surface area (Å²) in [5.74, 6) is 0.931. The van der Waals surface area contributed by atoms with Gasteiger partial charge in [-0.25, -0.2) is 8.42 Å².